The molecular formula is C20H22O6. The van der Waals surface area contributed by atoms with Crippen molar-refractivity contribution in [3.8, 4) is 22.8 Å². The van der Waals surface area contributed by atoms with Gasteiger partial charge in [0, 0.05) is 24.5 Å². The molecule has 6 nitrogen and oxygen atoms in total. The minimum atomic E-state index is -0.863. The van der Waals surface area contributed by atoms with Gasteiger partial charge in [-0.1, -0.05) is 13.8 Å². The Morgan fingerprint density at radius 1 is 1.12 bits per heavy atom. The number of rotatable bonds is 4. The number of carbonyl (C=O) groups is 1. The molecule has 2 aromatic rings. The number of phenolic OH excluding ortho intramolecular Hbond substituents is 1. The number of Topliss-reactive ketones (excluding diaryl/α,β-unsaturated/α-hetero) is 1. The lowest BCUT2D eigenvalue weighted by molar-refractivity contribution is 0.0850. The van der Waals surface area contributed by atoms with Gasteiger partial charge in [0.25, 0.3) is 0 Å². The number of hydrogen-bond acceptors (Lipinski definition) is 6. The first-order valence-electron chi connectivity index (χ1n) is 8.69. The van der Waals surface area contributed by atoms with Crippen LogP contribution < -0.4 is 5.63 Å². The molecule has 0 radical (unpaired) electrons. The maximum absolute atomic E-state index is 12.3. The summed E-state index contributed by atoms with van der Waals surface area (Å²) in [5, 5.41) is 30.3. The number of benzene rings is 1. The number of aromatic hydroxyl groups is 2. The van der Waals surface area contributed by atoms with Crippen LogP contribution in [0.25, 0.3) is 11.3 Å². The molecule has 0 spiro atoms. The molecule has 0 bridgehead atoms. The summed E-state index contributed by atoms with van der Waals surface area (Å²) in [6, 6.07) is 3.80. The van der Waals surface area contributed by atoms with Gasteiger partial charge in [-0.2, -0.15) is 0 Å². The lowest BCUT2D eigenvalue weighted by Crippen LogP contribution is -2.25. The Morgan fingerprint density at radius 2 is 1.85 bits per heavy atom. The highest BCUT2D eigenvalue weighted by atomic mass is 16.4. The zero-order chi connectivity index (χ0) is 19.0. The molecule has 138 valence electrons. The molecule has 1 heterocycles. The monoisotopic (exact) mass is 358 g/mol. The average molecular weight is 358 g/mol. The van der Waals surface area contributed by atoms with Gasteiger partial charge in [0.15, 0.2) is 5.78 Å². The lowest BCUT2D eigenvalue weighted by Gasteiger charge is -2.25. The first kappa shape index (κ1) is 18.2. The third-order valence-corrected chi connectivity index (χ3v) is 4.62. The van der Waals surface area contributed by atoms with Gasteiger partial charge in [0.1, 0.15) is 17.3 Å². The van der Waals surface area contributed by atoms with E-state index in [0.29, 0.717) is 29.0 Å². The minimum absolute atomic E-state index is 0.0602. The molecule has 0 saturated heterocycles. The van der Waals surface area contributed by atoms with Crippen LogP contribution in [0.3, 0.4) is 0 Å². The van der Waals surface area contributed by atoms with Crippen LogP contribution >= 0.6 is 0 Å². The number of phenols is 1. The largest absolute Gasteiger partial charge is 0.508 e. The third kappa shape index (κ3) is 3.51. The van der Waals surface area contributed by atoms with E-state index in [1.54, 1.807) is 0 Å². The fraction of sp³-hybridized carbons (Fsp3) is 0.400. The van der Waals surface area contributed by atoms with Gasteiger partial charge < -0.3 is 19.7 Å². The number of aliphatic hydroxyl groups excluding tert-OH is 1. The van der Waals surface area contributed by atoms with Crippen LogP contribution in [0.5, 0.6) is 11.5 Å². The van der Waals surface area contributed by atoms with Gasteiger partial charge in [-0.3, -0.25) is 4.79 Å². The van der Waals surface area contributed by atoms with E-state index in [9.17, 15) is 24.9 Å². The van der Waals surface area contributed by atoms with E-state index >= 15 is 0 Å². The summed E-state index contributed by atoms with van der Waals surface area (Å²) in [6.45, 7) is 4.14. The third-order valence-electron chi connectivity index (χ3n) is 4.62. The lowest BCUT2D eigenvalue weighted by atomic mass is 9.81. The molecule has 1 atom stereocenters. The van der Waals surface area contributed by atoms with Crippen molar-refractivity contribution in [1.82, 2.24) is 0 Å². The summed E-state index contributed by atoms with van der Waals surface area (Å²) in [4.78, 5) is 24.1. The standard InChI is InChI=1S/C20H22O6/c1-10(2)3-4-11-5-15(23)20-14(6-12(21)7-16(20)24)19(11)17-8-13(22)9-18(25)26-17/h5,8-10,12,21-23H,3-4,6-7H2,1-2H3. The van der Waals surface area contributed by atoms with E-state index in [-0.39, 0.29) is 41.4 Å². The first-order valence-corrected chi connectivity index (χ1v) is 8.69. The molecular weight excluding hydrogens is 336 g/mol. The van der Waals surface area contributed by atoms with Gasteiger partial charge in [0.05, 0.1) is 17.7 Å². The summed E-state index contributed by atoms with van der Waals surface area (Å²) in [6.07, 6.45) is 0.661. The Balaban J connectivity index is 2.28. The van der Waals surface area contributed by atoms with E-state index in [1.807, 2.05) is 0 Å². The van der Waals surface area contributed by atoms with Crippen LogP contribution in [0.15, 0.2) is 27.4 Å². The number of hydrogen-bond donors (Lipinski definition) is 3. The molecule has 0 fully saturated rings. The fourth-order valence-electron chi connectivity index (χ4n) is 3.46. The average Bonchev–Trinajstić information content (AvgIpc) is 2.50. The summed E-state index contributed by atoms with van der Waals surface area (Å²) >= 11 is 0. The van der Waals surface area contributed by atoms with E-state index in [0.717, 1.165) is 12.5 Å². The first-order chi connectivity index (χ1) is 12.3. The minimum Gasteiger partial charge on any atom is -0.508 e. The van der Waals surface area contributed by atoms with Crippen LogP contribution in [0, 0.1) is 5.92 Å². The molecule has 1 aromatic carbocycles. The molecule has 1 aliphatic carbocycles. The van der Waals surface area contributed by atoms with Crippen molar-refractivity contribution in [1.29, 1.82) is 0 Å². The molecule has 1 aromatic heterocycles. The van der Waals surface area contributed by atoms with Crippen LogP contribution in [0.2, 0.25) is 0 Å². The highest BCUT2D eigenvalue weighted by molar-refractivity contribution is 6.03. The van der Waals surface area contributed by atoms with Gasteiger partial charge in [-0.25, -0.2) is 4.79 Å². The summed E-state index contributed by atoms with van der Waals surface area (Å²) in [5.74, 6) is -0.177. The van der Waals surface area contributed by atoms with Crippen molar-refractivity contribution in [3.05, 3.63) is 45.3 Å². The second-order valence-corrected chi connectivity index (χ2v) is 7.20. The Labute approximate surface area is 150 Å². The van der Waals surface area contributed by atoms with Crippen LogP contribution in [0.4, 0.5) is 0 Å². The molecule has 0 saturated carbocycles. The van der Waals surface area contributed by atoms with Crippen molar-refractivity contribution in [2.24, 2.45) is 5.92 Å². The van der Waals surface area contributed by atoms with E-state index in [1.165, 1.54) is 12.1 Å². The van der Waals surface area contributed by atoms with Crippen molar-refractivity contribution >= 4 is 5.78 Å². The van der Waals surface area contributed by atoms with Crippen molar-refractivity contribution < 1.29 is 24.5 Å². The normalized spacial score (nSPS) is 16.8. The SMILES string of the molecule is CC(C)CCc1cc(O)c2c(c1-c1cc(O)cc(=O)o1)CC(O)CC2=O. The molecule has 3 N–H and O–H groups in total. The van der Waals surface area contributed by atoms with Gasteiger partial charge in [0.2, 0.25) is 0 Å². The smallest absolute Gasteiger partial charge is 0.339 e. The molecule has 3 rings (SSSR count). The van der Waals surface area contributed by atoms with Gasteiger partial charge >= 0.3 is 5.63 Å². The Bertz CT molecular complexity index is 909. The summed E-state index contributed by atoms with van der Waals surface area (Å²) in [5.41, 5.74) is 1.12. The number of aryl methyl sites for hydroxylation is 1. The van der Waals surface area contributed by atoms with Crippen LogP contribution in [0.1, 0.15) is 48.2 Å². The zero-order valence-electron chi connectivity index (χ0n) is 14.8. The molecule has 0 aliphatic heterocycles. The molecule has 26 heavy (non-hydrogen) atoms. The zero-order valence-corrected chi connectivity index (χ0v) is 14.8. The number of aliphatic hydroxyl groups is 1. The molecule has 1 unspecified atom stereocenters. The second kappa shape index (κ2) is 6.96. The topological polar surface area (TPSA) is 108 Å². The Morgan fingerprint density at radius 3 is 2.50 bits per heavy atom. The van der Waals surface area contributed by atoms with E-state index < -0.39 is 11.7 Å². The highest BCUT2D eigenvalue weighted by Crippen LogP contribution is 2.40. The number of carbonyl (C=O) groups excluding carboxylic acids is 1. The quantitative estimate of drug-likeness (QED) is 0.776. The van der Waals surface area contributed by atoms with Gasteiger partial charge in [-0.05, 0) is 36.0 Å². The van der Waals surface area contributed by atoms with Gasteiger partial charge in [-0.15, -0.1) is 0 Å². The predicted molar refractivity (Wildman–Crippen MR) is 95.6 cm³/mol. The maximum atomic E-state index is 12.3. The Kier molecular flexibility index (Phi) is 4.87. The number of fused-ring (bicyclic) bond motifs is 1. The van der Waals surface area contributed by atoms with Crippen LogP contribution in [-0.2, 0) is 12.8 Å². The highest BCUT2D eigenvalue weighted by Gasteiger charge is 2.31. The van der Waals surface area contributed by atoms with E-state index in [4.69, 9.17) is 4.42 Å². The summed E-state index contributed by atoms with van der Waals surface area (Å²) in [7, 11) is 0. The Hall–Kier alpha value is -2.60. The van der Waals surface area contributed by atoms with Crippen LogP contribution in [-0.4, -0.2) is 27.2 Å². The molecule has 0 amide bonds. The fourth-order valence-corrected chi connectivity index (χ4v) is 3.46. The van der Waals surface area contributed by atoms with E-state index in [2.05, 4.69) is 13.8 Å². The number of ketones is 1. The predicted octanol–water partition coefficient (Wildman–Crippen LogP) is 2.80. The maximum Gasteiger partial charge on any atom is 0.339 e. The van der Waals surface area contributed by atoms with Crippen molar-refractivity contribution in [2.45, 2.75) is 45.6 Å². The molecule has 1 aliphatic rings. The van der Waals surface area contributed by atoms with Crippen molar-refractivity contribution in [3.63, 3.8) is 0 Å². The van der Waals surface area contributed by atoms with Crippen molar-refractivity contribution in [2.75, 3.05) is 0 Å². The molecule has 6 heteroatoms. The summed E-state index contributed by atoms with van der Waals surface area (Å²) < 4.78 is 5.28. The second-order valence-electron chi connectivity index (χ2n) is 7.20.